The summed E-state index contributed by atoms with van der Waals surface area (Å²) in [6.45, 7) is 3.02. The quantitative estimate of drug-likeness (QED) is 0.805. The summed E-state index contributed by atoms with van der Waals surface area (Å²) in [4.78, 5) is 28.2. The van der Waals surface area contributed by atoms with Crippen LogP contribution in [0, 0.1) is 11.3 Å². The number of nitrogens with zero attached hydrogens (tertiary/aromatic N) is 2. The number of rotatable bonds is 2. The molecule has 3 saturated heterocycles. The molecular formula is C21H27N3O4. The Morgan fingerprint density at radius 1 is 1.25 bits per heavy atom. The van der Waals surface area contributed by atoms with Gasteiger partial charge in [-0.15, -0.1) is 0 Å². The first-order valence-electron chi connectivity index (χ1n) is 10.2. The van der Waals surface area contributed by atoms with Crippen molar-refractivity contribution in [1.29, 1.82) is 0 Å². The number of fused-ring (bicyclic) bond motifs is 1. The van der Waals surface area contributed by atoms with Crippen molar-refractivity contribution < 1.29 is 19.4 Å². The molecule has 1 aromatic carbocycles. The van der Waals surface area contributed by atoms with E-state index in [9.17, 15) is 14.7 Å². The molecule has 1 aliphatic carbocycles. The van der Waals surface area contributed by atoms with E-state index >= 15 is 0 Å². The SMILES string of the molecule is O=C1COC2CCN(C(=O)N3CC4(CC(Cc5ccccc5O)C4)C3)CC2N1. The third kappa shape index (κ3) is 3.11. The first-order valence-corrected chi connectivity index (χ1v) is 10.2. The maximum atomic E-state index is 12.8. The monoisotopic (exact) mass is 385 g/mol. The number of piperidine rings is 1. The summed E-state index contributed by atoms with van der Waals surface area (Å²) in [6, 6.07) is 7.57. The number of phenolic OH excluding ortho intramolecular Hbond substituents is 1. The lowest BCUT2D eigenvalue weighted by Gasteiger charge is -2.60. The minimum absolute atomic E-state index is 0.0336. The highest BCUT2D eigenvalue weighted by Gasteiger charge is 2.54. The Morgan fingerprint density at radius 2 is 2.04 bits per heavy atom. The van der Waals surface area contributed by atoms with Gasteiger partial charge in [-0.2, -0.15) is 0 Å². The number of phenols is 1. The number of amides is 3. The van der Waals surface area contributed by atoms with Crippen LogP contribution in [-0.2, 0) is 16.0 Å². The van der Waals surface area contributed by atoms with Crippen molar-refractivity contribution in [3.8, 4) is 5.75 Å². The van der Waals surface area contributed by atoms with Crippen molar-refractivity contribution in [3.05, 3.63) is 29.8 Å². The number of hydrogen-bond donors (Lipinski definition) is 2. The number of urea groups is 1. The molecule has 3 aliphatic heterocycles. The molecule has 4 aliphatic rings. The summed E-state index contributed by atoms with van der Waals surface area (Å²) in [7, 11) is 0. The maximum Gasteiger partial charge on any atom is 0.320 e. The van der Waals surface area contributed by atoms with Gasteiger partial charge in [0, 0.05) is 31.6 Å². The molecule has 3 amide bonds. The Balaban J connectivity index is 1.10. The van der Waals surface area contributed by atoms with Crippen LogP contribution in [0.5, 0.6) is 5.75 Å². The fourth-order valence-corrected chi connectivity index (χ4v) is 5.53. The van der Waals surface area contributed by atoms with Crippen LogP contribution in [0.1, 0.15) is 24.8 Å². The molecule has 3 heterocycles. The maximum absolute atomic E-state index is 12.8. The highest BCUT2D eigenvalue weighted by Crippen LogP contribution is 2.53. The Labute approximate surface area is 164 Å². The number of ether oxygens (including phenoxy) is 1. The molecule has 1 saturated carbocycles. The van der Waals surface area contributed by atoms with E-state index in [0.29, 0.717) is 24.8 Å². The van der Waals surface area contributed by atoms with E-state index in [4.69, 9.17) is 4.74 Å². The second-order valence-electron chi connectivity index (χ2n) is 9.00. The number of nitrogens with one attached hydrogen (secondary N) is 1. The van der Waals surface area contributed by atoms with Gasteiger partial charge in [0.05, 0.1) is 12.1 Å². The van der Waals surface area contributed by atoms with Crippen molar-refractivity contribution in [2.24, 2.45) is 11.3 Å². The molecule has 2 unspecified atom stereocenters. The van der Waals surface area contributed by atoms with Gasteiger partial charge in [0.15, 0.2) is 0 Å². The molecule has 7 nitrogen and oxygen atoms in total. The largest absolute Gasteiger partial charge is 0.508 e. The second-order valence-corrected chi connectivity index (χ2v) is 9.00. The van der Waals surface area contributed by atoms with Gasteiger partial charge in [-0.1, -0.05) is 18.2 Å². The predicted octanol–water partition coefficient (Wildman–Crippen LogP) is 1.36. The normalized spacial score (nSPS) is 28.9. The molecule has 1 aromatic rings. The Morgan fingerprint density at radius 3 is 2.82 bits per heavy atom. The van der Waals surface area contributed by atoms with Crippen LogP contribution in [0.15, 0.2) is 24.3 Å². The molecule has 150 valence electrons. The number of aromatic hydroxyl groups is 1. The summed E-state index contributed by atoms with van der Waals surface area (Å²) in [6.07, 6.45) is 3.97. The van der Waals surface area contributed by atoms with Gasteiger partial charge in [-0.05, 0) is 43.2 Å². The van der Waals surface area contributed by atoms with E-state index < -0.39 is 0 Å². The Kier molecular flexibility index (Phi) is 4.23. The molecule has 0 bridgehead atoms. The summed E-state index contributed by atoms with van der Waals surface area (Å²) in [5.74, 6) is 0.885. The lowest BCUT2D eigenvalue weighted by Crippen LogP contribution is -2.68. The molecule has 4 fully saturated rings. The third-order valence-corrected chi connectivity index (χ3v) is 6.86. The van der Waals surface area contributed by atoms with Crippen molar-refractivity contribution >= 4 is 11.9 Å². The van der Waals surface area contributed by atoms with Crippen molar-refractivity contribution in [2.45, 2.75) is 37.8 Å². The molecule has 0 aromatic heterocycles. The summed E-state index contributed by atoms with van der Waals surface area (Å²) in [5.41, 5.74) is 1.31. The Bertz CT molecular complexity index is 784. The average molecular weight is 385 g/mol. The van der Waals surface area contributed by atoms with Crippen LogP contribution in [0.2, 0.25) is 0 Å². The van der Waals surface area contributed by atoms with Gasteiger partial charge in [0.25, 0.3) is 0 Å². The smallest absolute Gasteiger partial charge is 0.320 e. The van der Waals surface area contributed by atoms with Crippen molar-refractivity contribution in [3.63, 3.8) is 0 Å². The van der Waals surface area contributed by atoms with E-state index in [-0.39, 0.29) is 36.1 Å². The minimum atomic E-state index is -0.0941. The first-order chi connectivity index (χ1) is 13.5. The van der Waals surface area contributed by atoms with E-state index in [2.05, 4.69) is 5.32 Å². The van der Waals surface area contributed by atoms with Crippen LogP contribution in [-0.4, -0.2) is 71.8 Å². The fourth-order valence-electron chi connectivity index (χ4n) is 5.53. The lowest BCUT2D eigenvalue weighted by molar-refractivity contribution is -0.140. The number of para-hydroxylation sites is 1. The van der Waals surface area contributed by atoms with Gasteiger partial charge in [-0.3, -0.25) is 4.79 Å². The van der Waals surface area contributed by atoms with Crippen molar-refractivity contribution in [2.75, 3.05) is 32.8 Å². The van der Waals surface area contributed by atoms with Gasteiger partial charge in [0.2, 0.25) is 5.91 Å². The van der Waals surface area contributed by atoms with E-state index in [0.717, 1.165) is 44.3 Å². The zero-order valence-electron chi connectivity index (χ0n) is 16.0. The molecule has 7 heteroatoms. The molecular weight excluding hydrogens is 358 g/mol. The number of carbonyl (C=O) groups excluding carboxylic acids is 2. The molecule has 1 spiro atoms. The number of hydrogen-bond acceptors (Lipinski definition) is 4. The van der Waals surface area contributed by atoms with Crippen LogP contribution in [0.25, 0.3) is 0 Å². The molecule has 2 N–H and O–H groups in total. The van der Waals surface area contributed by atoms with Crippen LogP contribution < -0.4 is 5.32 Å². The number of carbonyl (C=O) groups is 2. The zero-order chi connectivity index (χ0) is 19.3. The van der Waals surface area contributed by atoms with Crippen LogP contribution >= 0.6 is 0 Å². The first kappa shape index (κ1) is 17.8. The molecule has 2 atom stereocenters. The summed E-state index contributed by atoms with van der Waals surface area (Å²) in [5, 5.41) is 12.9. The highest BCUT2D eigenvalue weighted by atomic mass is 16.5. The van der Waals surface area contributed by atoms with Gasteiger partial charge in [-0.25, -0.2) is 4.79 Å². The fraction of sp³-hybridized carbons (Fsp3) is 0.619. The number of morpholine rings is 1. The van der Waals surface area contributed by atoms with Crippen LogP contribution in [0.4, 0.5) is 4.79 Å². The summed E-state index contributed by atoms with van der Waals surface area (Å²) >= 11 is 0. The standard InChI is InChI=1S/C21H27N3O4/c25-17-4-2-1-3-15(17)7-14-8-21(9-14)12-24(13-21)20(27)23-6-5-18-16(10-23)22-19(26)11-28-18/h1-4,14,16,18,25H,5-13H2,(H,22,26). The predicted molar refractivity (Wildman–Crippen MR) is 102 cm³/mol. The van der Waals surface area contributed by atoms with Gasteiger partial charge >= 0.3 is 6.03 Å². The van der Waals surface area contributed by atoms with E-state index in [1.165, 1.54) is 0 Å². The number of likely N-dealkylation sites (tertiary alicyclic amines) is 2. The van der Waals surface area contributed by atoms with E-state index in [1.54, 1.807) is 6.07 Å². The van der Waals surface area contributed by atoms with Gasteiger partial charge in [0.1, 0.15) is 12.4 Å². The third-order valence-electron chi connectivity index (χ3n) is 6.86. The topological polar surface area (TPSA) is 82.1 Å². The average Bonchev–Trinajstić information content (AvgIpc) is 2.63. The second kappa shape index (κ2) is 6.65. The Hall–Kier alpha value is -2.28. The van der Waals surface area contributed by atoms with Crippen LogP contribution in [0.3, 0.4) is 0 Å². The highest BCUT2D eigenvalue weighted by molar-refractivity contribution is 5.79. The number of benzene rings is 1. The molecule has 28 heavy (non-hydrogen) atoms. The van der Waals surface area contributed by atoms with E-state index in [1.807, 2.05) is 28.0 Å². The summed E-state index contributed by atoms with van der Waals surface area (Å²) < 4.78 is 5.57. The molecule has 5 rings (SSSR count). The molecule has 0 radical (unpaired) electrons. The minimum Gasteiger partial charge on any atom is -0.508 e. The van der Waals surface area contributed by atoms with Crippen molar-refractivity contribution in [1.82, 2.24) is 15.1 Å². The lowest BCUT2D eigenvalue weighted by atomic mass is 9.56. The van der Waals surface area contributed by atoms with Gasteiger partial charge < -0.3 is 25.0 Å². The zero-order valence-corrected chi connectivity index (χ0v) is 16.0.